The number of sulfonamides is 1. The zero-order chi connectivity index (χ0) is 18.1. The smallest absolute Gasteiger partial charge is 0.254 e. The summed E-state index contributed by atoms with van der Waals surface area (Å²) >= 11 is 0. The maximum atomic E-state index is 12.7. The number of ether oxygens (including phenoxy) is 1. The number of hydrogen-bond acceptors (Lipinski definition) is 5. The predicted molar refractivity (Wildman–Crippen MR) is 90.6 cm³/mol. The number of nitrogens with zero attached hydrogens (tertiary/aromatic N) is 2. The van der Waals surface area contributed by atoms with Crippen molar-refractivity contribution in [1.29, 1.82) is 0 Å². The second-order valence-corrected chi connectivity index (χ2v) is 8.51. The number of likely N-dealkylation sites (tertiary alicyclic amines) is 1. The first kappa shape index (κ1) is 18.7. The first-order valence-corrected chi connectivity index (χ1v) is 9.29. The van der Waals surface area contributed by atoms with Crippen LogP contribution in [0.1, 0.15) is 15.9 Å². The van der Waals surface area contributed by atoms with Crippen LogP contribution < -0.4 is 4.74 Å². The summed E-state index contributed by atoms with van der Waals surface area (Å²) < 4.78 is 30.3. The van der Waals surface area contributed by atoms with Crippen molar-refractivity contribution in [2.75, 3.05) is 40.0 Å². The monoisotopic (exact) mass is 356 g/mol. The van der Waals surface area contributed by atoms with Crippen LogP contribution in [0.5, 0.6) is 5.75 Å². The van der Waals surface area contributed by atoms with Gasteiger partial charge in [-0.25, -0.2) is 12.7 Å². The van der Waals surface area contributed by atoms with Gasteiger partial charge in [0.1, 0.15) is 5.75 Å². The fraction of sp³-hybridized carbons (Fsp3) is 0.562. The van der Waals surface area contributed by atoms with Gasteiger partial charge in [0.25, 0.3) is 5.91 Å². The van der Waals surface area contributed by atoms with Crippen LogP contribution in [-0.4, -0.2) is 74.8 Å². The number of aryl methyl sites for hydroxylation is 1. The van der Waals surface area contributed by atoms with Gasteiger partial charge in [0.15, 0.2) is 0 Å². The van der Waals surface area contributed by atoms with E-state index < -0.39 is 22.0 Å². The Balaban J connectivity index is 2.13. The van der Waals surface area contributed by atoms with E-state index in [1.54, 1.807) is 25.3 Å². The van der Waals surface area contributed by atoms with Crippen molar-refractivity contribution in [1.82, 2.24) is 9.21 Å². The van der Waals surface area contributed by atoms with E-state index in [0.717, 1.165) is 9.87 Å². The number of aliphatic hydroxyl groups is 1. The number of carbonyl (C=O) groups excluding carboxylic acids is 1. The first-order chi connectivity index (χ1) is 11.2. The van der Waals surface area contributed by atoms with E-state index in [4.69, 9.17) is 4.74 Å². The third-order valence-electron chi connectivity index (χ3n) is 4.34. The summed E-state index contributed by atoms with van der Waals surface area (Å²) in [5.74, 6) is -0.202. The lowest BCUT2D eigenvalue weighted by molar-refractivity contribution is 0.0764. The molecule has 0 spiro atoms. The average Bonchev–Trinajstić information content (AvgIpc) is 2.86. The third kappa shape index (κ3) is 3.88. The van der Waals surface area contributed by atoms with Gasteiger partial charge in [-0.15, -0.1) is 0 Å². The summed E-state index contributed by atoms with van der Waals surface area (Å²) in [5, 5.41) is 10.2. The minimum Gasteiger partial charge on any atom is -0.497 e. The van der Waals surface area contributed by atoms with E-state index in [0.29, 0.717) is 11.3 Å². The molecule has 0 radical (unpaired) electrons. The average molecular weight is 356 g/mol. The molecule has 1 fully saturated rings. The fourth-order valence-electron chi connectivity index (χ4n) is 2.78. The van der Waals surface area contributed by atoms with Gasteiger partial charge in [0.05, 0.1) is 19.0 Å². The van der Waals surface area contributed by atoms with Gasteiger partial charge in [-0.1, -0.05) is 0 Å². The Bertz CT molecular complexity index is 717. The molecular formula is C16H24N2O5S. The van der Waals surface area contributed by atoms with Crippen molar-refractivity contribution in [2.24, 2.45) is 5.92 Å². The molecule has 1 amide bonds. The molecular weight excluding hydrogens is 332 g/mol. The van der Waals surface area contributed by atoms with Crippen molar-refractivity contribution in [3.8, 4) is 5.75 Å². The number of benzene rings is 1. The van der Waals surface area contributed by atoms with E-state index in [9.17, 15) is 18.3 Å². The fourth-order valence-corrected chi connectivity index (χ4v) is 3.94. The number of β-amino-alcohol motifs (C(OH)–C–C–N with tert-alkyl or cyclic N) is 1. The molecule has 1 aliphatic heterocycles. The van der Waals surface area contributed by atoms with Crippen molar-refractivity contribution < 1.29 is 23.1 Å². The lowest BCUT2D eigenvalue weighted by Gasteiger charge is -2.19. The van der Waals surface area contributed by atoms with E-state index in [1.165, 1.54) is 19.0 Å². The summed E-state index contributed by atoms with van der Waals surface area (Å²) in [6.45, 7) is 2.17. The largest absolute Gasteiger partial charge is 0.497 e. The highest BCUT2D eigenvalue weighted by Crippen LogP contribution is 2.24. The van der Waals surface area contributed by atoms with Gasteiger partial charge in [0, 0.05) is 38.7 Å². The second kappa shape index (κ2) is 7.08. The maximum Gasteiger partial charge on any atom is 0.254 e. The normalized spacial score (nSPS) is 21.3. The molecule has 24 heavy (non-hydrogen) atoms. The summed E-state index contributed by atoms with van der Waals surface area (Å²) in [6, 6.07) is 5.17. The van der Waals surface area contributed by atoms with Gasteiger partial charge < -0.3 is 14.7 Å². The lowest BCUT2D eigenvalue weighted by atomic mass is 10.1. The maximum absolute atomic E-state index is 12.7. The molecule has 0 aromatic heterocycles. The van der Waals surface area contributed by atoms with Gasteiger partial charge in [-0.05, 0) is 30.7 Å². The van der Waals surface area contributed by atoms with Crippen LogP contribution in [0.3, 0.4) is 0 Å². The first-order valence-electron chi connectivity index (χ1n) is 7.68. The molecule has 2 unspecified atom stereocenters. The predicted octanol–water partition coefficient (Wildman–Crippen LogP) is 0.328. The molecule has 1 aromatic rings. The molecule has 0 aliphatic carbocycles. The molecule has 1 aromatic carbocycles. The zero-order valence-corrected chi connectivity index (χ0v) is 15.2. The Morgan fingerprint density at radius 1 is 1.38 bits per heavy atom. The summed E-state index contributed by atoms with van der Waals surface area (Å²) in [5.41, 5.74) is 1.30. The Morgan fingerprint density at radius 3 is 2.58 bits per heavy atom. The van der Waals surface area contributed by atoms with Crippen LogP contribution in [0.4, 0.5) is 0 Å². The van der Waals surface area contributed by atoms with Crippen LogP contribution >= 0.6 is 0 Å². The minimum absolute atomic E-state index is 0.137. The van der Waals surface area contributed by atoms with Crippen LogP contribution in [0.2, 0.25) is 0 Å². The number of hydrogen-bond donors (Lipinski definition) is 1. The number of methoxy groups -OCH3 is 1. The SMILES string of the molecule is COc1ccc(C(=O)N2CC(O)C(CS(=O)(=O)N(C)C)C2)c(C)c1. The van der Waals surface area contributed by atoms with Crippen molar-refractivity contribution in [2.45, 2.75) is 13.0 Å². The van der Waals surface area contributed by atoms with E-state index in [1.807, 2.05) is 6.92 Å². The molecule has 1 saturated heterocycles. The van der Waals surface area contributed by atoms with Gasteiger partial charge in [0.2, 0.25) is 10.0 Å². The Hall–Kier alpha value is -1.64. The quantitative estimate of drug-likeness (QED) is 0.821. The highest BCUT2D eigenvalue weighted by atomic mass is 32.2. The topological polar surface area (TPSA) is 87.1 Å². The molecule has 1 heterocycles. The standard InChI is InChI=1S/C16H24N2O5S/c1-11-7-13(23-4)5-6-14(11)16(20)18-8-12(15(19)9-18)10-24(21,22)17(2)3/h5-7,12,15,19H,8-10H2,1-4H3. The van der Waals surface area contributed by atoms with E-state index in [-0.39, 0.29) is 24.7 Å². The van der Waals surface area contributed by atoms with Gasteiger partial charge in [-0.2, -0.15) is 0 Å². The van der Waals surface area contributed by atoms with Gasteiger partial charge in [-0.3, -0.25) is 4.79 Å². The summed E-state index contributed by atoms with van der Waals surface area (Å²) in [6.07, 6.45) is -0.845. The molecule has 7 nitrogen and oxygen atoms in total. The lowest BCUT2D eigenvalue weighted by Crippen LogP contribution is -2.33. The molecule has 2 rings (SSSR count). The molecule has 0 bridgehead atoms. The molecule has 2 atom stereocenters. The van der Waals surface area contributed by atoms with Crippen LogP contribution in [0.15, 0.2) is 18.2 Å². The van der Waals surface area contributed by atoms with Crippen LogP contribution in [-0.2, 0) is 10.0 Å². The third-order valence-corrected chi connectivity index (χ3v) is 6.30. The Morgan fingerprint density at radius 2 is 2.04 bits per heavy atom. The summed E-state index contributed by atoms with van der Waals surface area (Å²) in [4.78, 5) is 14.2. The highest BCUT2D eigenvalue weighted by molar-refractivity contribution is 7.89. The Kier molecular flexibility index (Phi) is 5.52. The van der Waals surface area contributed by atoms with Crippen molar-refractivity contribution in [3.63, 3.8) is 0 Å². The molecule has 8 heteroatoms. The van der Waals surface area contributed by atoms with Crippen LogP contribution in [0.25, 0.3) is 0 Å². The number of aliphatic hydroxyl groups excluding tert-OH is 1. The zero-order valence-electron chi connectivity index (χ0n) is 14.4. The van der Waals surface area contributed by atoms with Crippen molar-refractivity contribution in [3.05, 3.63) is 29.3 Å². The van der Waals surface area contributed by atoms with Crippen molar-refractivity contribution >= 4 is 15.9 Å². The molecule has 134 valence electrons. The Labute approximate surface area is 142 Å². The highest BCUT2D eigenvalue weighted by Gasteiger charge is 2.37. The van der Waals surface area contributed by atoms with E-state index in [2.05, 4.69) is 0 Å². The molecule has 0 saturated carbocycles. The molecule has 1 N–H and O–H groups in total. The second-order valence-electron chi connectivity index (χ2n) is 6.28. The number of amides is 1. The van der Waals surface area contributed by atoms with Gasteiger partial charge >= 0.3 is 0 Å². The minimum atomic E-state index is -3.43. The van der Waals surface area contributed by atoms with E-state index >= 15 is 0 Å². The number of rotatable bonds is 5. The number of carbonyl (C=O) groups is 1. The summed E-state index contributed by atoms with van der Waals surface area (Å²) in [7, 11) is 1.05. The molecule has 1 aliphatic rings. The van der Waals surface area contributed by atoms with Crippen LogP contribution in [0, 0.1) is 12.8 Å².